The molecule has 0 radical (unpaired) electrons. The third kappa shape index (κ3) is 4.15. The molecular formula is C28H35NOSi. The third-order valence-electron chi connectivity index (χ3n) is 7.15. The van der Waals surface area contributed by atoms with E-state index in [1.165, 1.54) is 15.6 Å². The monoisotopic (exact) mass is 429 g/mol. The van der Waals surface area contributed by atoms with Gasteiger partial charge in [0, 0.05) is 17.2 Å². The molecule has 162 valence electrons. The second-order valence-electron chi connectivity index (χ2n) is 10.1. The van der Waals surface area contributed by atoms with E-state index in [9.17, 15) is 0 Å². The smallest absolute Gasteiger partial charge is 0.288 e. The van der Waals surface area contributed by atoms with E-state index in [1.54, 1.807) is 0 Å². The zero-order chi connectivity index (χ0) is 22.1. The van der Waals surface area contributed by atoms with Gasteiger partial charge >= 0.3 is 0 Å². The van der Waals surface area contributed by atoms with Crippen LogP contribution in [-0.4, -0.2) is 37.4 Å². The maximum Gasteiger partial charge on any atom is 0.288 e. The van der Waals surface area contributed by atoms with Crippen molar-refractivity contribution in [3.63, 3.8) is 0 Å². The van der Waals surface area contributed by atoms with Crippen LogP contribution in [0.25, 0.3) is 0 Å². The molecule has 1 fully saturated rings. The molecule has 0 amide bonds. The van der Waals surface area contributed by atoms with Crippen LogP contribution in [0, 0.1) is 0 Å². The first-order valence-corrected chi connectivity index (χ1v) is 13.2. The zero-order valence-electron chi connectivity index (χ0n) is 19.5. The van der Waals surface area contributed by atoms with E-state index in [0.717, 1.165) is 12.8 Å². The Morgan fingerprint density at radius 1 is 0.645 bits per heavy atom. The molecule has 0 saturated carbocycles. The number of hydrogen-bond acceptors (Lipinski definition) is 2. The van der Waals surface area contributed by atoms with Crippen molar-refractivity contribution in [3.05, 3.63) is 91.0 Å². The summed E-state index contributed by atoms with van der Waals surface area (Å²) in [5, 5.41) is 3.92. The van der Waals surface area contributed by atoms with Gasteiger partial charge in [-0.05, 0) is 63.1 Å². The first kappa shape index (κ1) is 22.0. The van der Waals surface area contributed by atoms with Gasteiger partial charge in [0.15, 0.2) is 0 Å². The second-order valence-corrected chi connectivity index (χ2v) is 13.4. The summed E-state index contributed by atoms with van der Waals surface area (Å²) in [5.74, 6) is 0. The standard InChI is InChI=1S/C28H35NOSi/c1-27(2)21-23(22-28(3,4)29(27)5)30-31(24-15-9-6-10-16-24,25-17-11-7-12-18-25)26-19-13-8-14-20-26/h6-20,23H,21-22H2,1-5H3. The van der Waals surface area contributed by atoms with Crippen LogP contribution in [0.15, 0.2) is 91.0 Å². The molecule has 1 aliphatic heterocycles. The maximum atomic E-state index is 7.47. The second kappa shape index (κ2) is 8.38. The average molecular weight is 430 g/mol. The van der Waals surface area contributed by atoms with Crippen molar-refractivity contribution < 1.29 is 4.43 Å². The van der Waals surface area contributed by atoms with Crippen LogP contribution in [0.4, 0.5) is 0 Å². The lowest BCUT2D eigenvalue weighted by Gasteiger charge is -2.54. The fraction of sp³-hybridized carbons (Fsp3) is 0.357. The van der Waals surface area contributed by atoms with Crippen LogP contribution in [0.1, 0.15) is 40.5 Å². The number of likely N-dealkylation sites (tertiary alicyclic amines) is 1. The van der Waals surface area contributed by atoms with Crippen LogP contribution >= 0.6 is 0 Å². The molecule has 3 aromatic rings. The van der Waals surface area contributed by atoms with Gasteiger partial charge < -0.3 is 4.43 Å². The molecule has 0 atom stereocenters. The Morgan fingerprint density at radius 3 is 1.29 bits per heavy atom. The molecule has 0 spiro atoms. The minimum absolute atomic E-state index is 0.0800. The summed E-state index contributed by atoms with van der Waals surface area (Å²) >= 11 is 0. The molecule has 0 aliphatic carbocycles. The molecule has 0 N–H and O–H groups in total. The lowest BCUT2D eigenvalue weighted by atomic mass is 9.79. The predicted octanol–water partition coefficient (Wildman–Crippen LogP) is 4.32. The van der Waals surface area contributed by atoms with Crippen molar-refractivity contribution in [2.75, 3.05) is 7.05 Å². The van der Waals surface area contributed by atoms with Gasteiger partial charge in [0.05, 0.1) is 0 Å². The summed E-state index contributed by atoms with van der Waals surface area (Å²) in [5.41, 5.74) is 0.160. The van der Waals surface area contributed by atoms with Crippen molar-refractivity contribution in [3.8, 4) is 0 Å². The fourth-order valence-corrected chi connectivity index (χ4v) is 9.40. The van der Waals surface area contributed by atoms with Crippen molar-refractivity contribution in [1.29, 1.82) is 0 Å². The van der Waals surface area contributed by atoms with E-state index in [0.29, 0.717) is 0 Å². The molecule has 0 unspecified atom stereocenters. The van der Waals surface area contributed by atoms with E-state index in [4.69, 9.17) is 4.43 Å². The molecule has 0 bridgehead atoms. The molecule has 2 nitrogen and oxygen atoms in total. The Hall–Kier alpha value is -2.20. The minimum Gasteiger partial charge on any atom is -0.401 e. The molecule has 1 saturated heterocycles. The SMILES string of the molecule is CN1C(C)(C)CC(O[Si](c2ccccc2)(c2ccccc2)c2ccccc2)CC1(C)C. The first-order chi connectivity index (χ1) is 14.8. The van der Waals surface area contributed by atoms with E-state index in [1.807, 2.05) is 0 Å². The fourth-order valence-electron chi connectivity index (χ4n) is 5.34. The van der Waals surface area contributed by atoms with Gasteiger partial charge in [0.25, 0.3) is 8.32 Å². The Bertz CT molecular complexity index is 871. The molecular weight excluding hydrogens is 394 g/mol. The summed E-state index contributed by atoms with van der Waals surface area (Å²) < 4.78 is 7.47. The molecule has 4 rings (SSSR count). The van der Waals surface area contributed by atoms with Crippen LogP contribution in [0.2, 0.25) is 0 Å². The Labute approximate surface area is 189 Å². The highest BCUT2D eigenvalue weighted by Crippen LogP contribution is 2.39. The third-order valence-corrected chi connectivity index (χ3v) is 11.3. The summed E-state index contributed by atoms with van der Waals surface area (Å²) in [7, 11) is -0.420. The molecule has 3 aromatic carbocycles. The topological polar surface area (TPSA) is 12.5 Å². The number of piperidine rings is 1. The van der Waals surface area contributed by atoms with Gasteiger partial charge in [-0.25, -0.2) is 0 Å². The lowest BCUT2D eigenvalue weighted by molar-refractivity contribution is -0.0567. The highest BCUT2D eigenvalue weighted by atomic mass is 28.4. The normalized spacial score (nSPS) is 19.3. The zero-order valence-corrected chi connectivity index (χ0v) is 20.5. The molecule has 1 heterocycles. The first-order valence-electron chi connectivity index (χ1n) is 11.3. The van der Waals surface area contributed by atoms with Crippen molar-refractivity contribution in [1.82, 2.24) is 4.90 Å². The van der Waals surface area contributed by atoms with E-state index in [2.05, 4.69) is 131 Å². The summed E-state index contributed by atoms with van der Waals surface area (Å²) in [6.07, 6.45) is 2.23. The van der Waals surface area contributed by atoms with Crippen LogP contribution in [0.3, 0.4) is 0 Å². The summed E-state index contributed by atoms with van der Waals surface area (Å²) in [6, 6.07) is 32.7. The van der Waals surface area contributed by atoms with Crippen LogP contribution in [0.5, 0.6) is 0 Å². The highest BCUT2D eigenvalue weighted by Gasteiger charge is 2.49. The Balaban J connectivity index is 1.89. The van der Waals surface area contributed by atoms with Crippen LogP contribution < -0.4 is 15.6 Å². The van der Waals surface area contributed by atoms with Gasteiger partial charge in [-0.3, -0.25) is 4.90 Å². The molecule has 1 aliphatic rings. The summed E-state index contributed by atoms with van der Waals surface area (Å²) in [6.45, 7) is 9.39. The lowest BCUT2D eigenvalue weighted by Crippen LogP contribution is -2.72. The van der Waals surface area contributed by atoms with Gasteiger partial charge in [-0.2, -0.15) is 0 Å². The number of nitrogens with zero attached hydrogens (tertiary/aromatic N) is 1. The van der Waals surface area contributed by atoms with Gasteiger partial charge in [0.1, 0.15) is 0 Å². The number of rotatable bonds is 5. The molecule has 3 heteroatoms. The maximum absolute atomic E-state index is 7.47. The van der Waals surface area contributed by atoms with Gasteiger partial charge in [-0.1, -0.05) is 91.0 Å². The highest BCUT2D eigenvalue weighted by molar-refractivity contribution is 7.07. The number of benzene rings is 3. The van der Waals surface area contributed by atoms with Crippen molar-refractivity contribution >= 4 is 23.9 Å². The predicted molar refractivity (Wildman–Crippen MR) is 134 cm³/mol. The van der Waals surface area contributed by atoms with E-state index in [-0.39, 0.29) is 17.2 Å². The molecule has 31 heavy (non-hydrogen) atoms. The Morgan fingerprint density at radius 2 is 0.968 bits per heavy atom. The van der Waals surface area contributed by atoms with Crippen molar-refractivity contribution in [2.24, 2.45) is 0 Å². The largest absolute Gasteiger partial charge is 0.401 e. The summed E-state index contributed by atoms with van der Waals surface area (Å²) in [4.78, 5) is 2.52. The quantitative estimate of drug-likeness (QED) is 0.442. The average Bonchev–Trinajstić information content (AvgIpc) is 2.77. The van der Waals surface area contributed by atoms with Crippen molar-refractivity contribution in [2.45, 2.75) is 57.7 Å². The van der Waals surface area contributed by atoms with E-state index >= 15 is 0 Å². The number of hydrogen-bond donors (Lipinski definition) is 0. The van der Waals surface area contributed by atoms with E-state index < -0.39 is 8.32 Å². The Kier molecular flexibility index (Phi) is 5.95. The minimum atomic E-state index is -2.68. The van der Waals surface area contributed by atoms with Gasteiger partial charge in [-0.15, -0.1) is 0 Å². The molecule has 0 aromatic heterocycles. The van der Waals surface area contributed by atoms with Crippen LogP contribution in [-0.2, 0) is 4.43 Å². The van der Waals surface area contributed by atoms with Gasteiger partial charge in [0.2, 0.25) is 0 Å².